The van der Waals surface area contributed by atoms with Gasteiger partial charge in [0.25, 0.3) is 10.0 Å². The summed E-state index contributed by atoms with van der Waals surface area (Å²) in [5, 5.41) is 0.106. The van der Waals surface area contributed by atoms with Crippen LogP contribution in [0.3, 0.4) is 0 Å². The van der Waals surface area contributed by atoms with Crippen molar-refractivity contribution >= 4 is 21.6 Å². The molecule has 1 saturated heterocycles. The Balaban J connectivity index is 2.16. The highest BCUT2D eigenvalue weighted by Gasteiger charge is 2.34. The van der Waals surface area contributed by atoms with Gasteiger partial charge in [0.05, 0.1) is 6.33 Å². The number of hydrogen-bond donors (Lipinski definition) is 0. The zero-order chi connectivity index (χ0) is 15.1. The normalized spacial score (nSPS) is 19.4. The monoisotopic (exact) mass is 320 g/mol. The Morgan fingerprint density at radius 1 is 1.20 bits per heavy atom. The van der Waals surface area contributed by atoms with Gasteiger partial charge in [-0.05, 0) is 20.8 Å². The molecule has 8 heteroatoms. The molecule has 6 nitrogen and oxygen atoms in total. The van der Waals surface area contributed by atoms with Crippen LogP contribution in [0, 0.1) is 0 Å². The van der Waals surface area contributed by atoms with Crippen LogP contribution in [0.2, 0.25) is 5.15 Å². The molecule has 2 heterocycles. The van der Waals surface area contributed by atoms with Crippen LogP contribution in [0.1, 0.15) is 20.8 Å². The molecule has 2 rings (SSSR count). The van der Waals surface area contributed by atoms with Crippen LogP contribution in [0.15, 0.2) is 11.4 Å². The van der Waals surface area contributed by atoms with Gasteiger partial charge in [-0.1, -0.05) is 11.6 Å². The molecule has 1 fully saturated rings. The Kier molecular flexibility index (Phi) is 4.17. The van der Waals surface area contributed by atoms with Gasteiger partial charge in [-0.25, -0.2) is 13.4 Å². The molecule has 114 valence electrons. The van der Waals surface area contributed by atoms with Crippen LogP contribution in [0.4, 0.5) is 0 Å². The maximum absolute atomic E-state index is 12.5. The maximum Gasteiger partial charge on any atom is 0.263 e. The molecule has 0 aliphatic carbocycles. The average Bonchev–Trinajstić information content (AvgIpc) is 2.69. The number of aromatic nitrogens is 2. The first-order valence-electron chi connectivity index (χ1n) is 6.56. The van der Waals surface area contributed by atoms with Crippen LogP contribution in [-0.4, -0.2) is 58.9 Å². The fraction of sp³-hybridized carbons (Fsp3) is 0.750. The molecule has 0 aromatic carbocycles. The predicted molar refractivity (Wildman–Crippen MR) is 78.3 cm³/mol. The molecular weight excluding hydrogens is 300 g/mol. The lowest BCUT2D eigenvalue weighted by Gasteiger charge is -2.41. The summed E-state index contributed by atoms with van der Waals surface area (Å²) in [6, 6.07) is 0. The van der Waals surface area contributed by atoms with Gasteiger partial charge < -0.3 is 4.57 Å². The molecule has 0 bridgehead atoms. The highest BCUT2D eigenvalue weighted by atomic mass is 35.5. The van der Waals surface area contributed by atoms with E-state index < -0.39 is 10.0 Å². The summed E-state index contributed by atoms with van der Waals surface area (Å²) in [6.07, 6.45) is 1.42. The van der Waals surface area contributed by atoms with E-state index in [4.69, 9.17) is 11.6 Å². The molecule has 1 aromatic rings. The predicted octanol–water partition coefficient (Wildman–Crippen LogP) is 1.18. The fourth-order valence-electron chi connectivity index (χ4n) is 2.29. The highest BCUT2D eigenvalue weighted by Crippen LogP contribution is 2.24. The quantitative estimate of drug-likeness (QED) is 0.821. The lowest BCUT2D eigenvalue weighted by atomic mass is 10.1. The molecular formula is C12H21ClN4O2S. The Morgan fingerprint density at radius 2 is 1.75 bits per heavy atom. The lowest BCUT2D eigenvalue weighted by molar-refractivity contribution is 0.0921. The molecule has 0 saturated carbocycles. The second-order valence-electron chi connectivity index (χ2n) is 6.01. The molecule has 20 heavy (non-hydrogen) atoms. The van der Waals surface area contributed by atoms with Gasteiger partial charge in [0.15, 0.2) is 0 Å². The number of halogens is 1. The Labute approximate surface area is 125 Å². The average molecular weight is 321 g/mol. The third kappa shape index (κ3) is 2.86. The smallest absolute Gasteiger partial charge is 0.263 e. The Hall–Kier alpha value is -0.630. The molecule has 0 spiro atoms. The molecule has 0 radical (unpaired) electrons. The minimum absolute atomic E-state index is 0.0501. The van der Waals surface area contributed by atoms with Crippen molar-refractivity contribution in [2.75, 3.05) is 26.2 Å². The van der Waals surface area contributed by atoms with Crippen LogP contribution in [-0.2, 0) is 17.1 Å². The zero-order valence-electron chi connectivity index (χ0n) is 12.3. The van der Waals surface area contributed by atoms with Gasteiger partial charge in [0.2, 0.25) is 5.03 Å². The van der Waals surface area contributed by atoms with Gasteiger partial charge in [0, 0.05) is 38.8 Å². The maximum atomic E-state index is 12.5. The van der Waals surface area contributed by atoms with Gasteiger partial charge in [-0.15, -0.1) is 0 Å². The number of aryl methyl sites for hydroxylation is 1. The van der Waals surface area contributed by atoms with E-state index in [1.807, 2.05) is 0 Å². The first kappa shape index (κ1) is 15.8. The van der Waals surface area contributed by atoms with E-state index in [9.17, 15) is 8.42 Å². The summed E-state index contributed by atoms with van der Waals surface area (Å²) < 4.78 is 28.0. The number of sulfonamides is 1. The van der Waals surface area contributed by atoms with Crippen LogP contribution in [0.5, 0.6) is 0 Å². The fourth-order valence-corrected chi connectivity index (χ4v) is 4.10. The van der Waals surface area contributed by atoms with Crippen molar-refractivity contribution in [3.63, 3.8) is 0 Å². The second kappa shape index (κ2) is 5.29. The van der Waals surface area contributed by atoms with E-state index in [2.05, 4.69) is 30.7 Å². The zero-order valence-corrected chi connectivity index (χ0v) is 13.9. The summed E-state index contributed by atoms with van der Waals surface area (Å²) in [5.41, 5.74) is 0.0541. The minimum atomic E-state index is -3.60. The van der Waals surface area contributed by atoms with E-state index in [1.54, 1.807) is 7.05 Å². The number of imidazole rings is 1. The third-order valence-electron chi connectivity index (χ3n) is 3.61. The minimum Gasteiger partial charge on any atom is -0.324 e. The largest absolute Gasteiger partial charge is 0.324 e. The van der Waals surface area contributed by atoms with Gasteiger partial charge in [-0.3, -0.25) is 4.90 Å². The van der Waals surface area contributed by atoms with Gasteiger partial charge >= 0.3 is 0 Å². The Morgan fingerprint density at radius 3 is 2.15 bits per heavy atom. The van der Waals surface area contributed by atoms with E-state index in [-0.39, 0.29) is 15.7 Å². The molecule has 0 amide bonds. The number of hydrogen-bond acceptors (Lipinski definition) is 4. The highest BCUT2D eigenvalue weighted by molar-refractivity contribution is 7.89. The molecule has 0 unspecified atom stereocenters. The van der Waals surface area contributed by atoms with Crippen molar-refractivity contribution in [2.24, 2.45) is 7.05 Å². The summed E-state index contributed by atoms with van der Waals surface area (Å²) in [7, 11) is -1.93. The van der Waals surface area contributed by atoms with Crippen molar-refractivity contribution in [1.82, 2.24) is 18.8 Å². The summed E-state index contributed by atoms with van der Waals surface area (Å²) in [4.78, 5) is 6.19. The van der Waals surface area contributed by atoms with Crippen LogP contribution in [0.25, 0.3) is 0 Å². The number of rotatable bonds is 2. The SMILES string of the molecule is Cn1cnc(S(=O)(=O)N2CCN(C(C)(C)C)CC2)c1Cl. The van der Waals surface area contributed by atoms with Crippen molar-refractivity contribution in [1.29, 1.82) is 0 Å². The van der Waals surface area contributed by atoms with Crippen molar-refractivity contribution < 1.29 is 8.42 Å². The van der Waals surface area contributed by atoms with Gasteiger partial charge in [0.1, 0.15) is 5.15 Å². The first-order chi connectivity index (χ1) is 9.14. The molecule has 1 aromatic heterocycles. The Bertz CT molecular complexity index is 583. The van der Waals surface area contributed by atoms with E-state index >= 15 is 0 Å². The molecule has 0 atom stereocenters. The number of nitrogens with zero attached hydrogens (tertiary/aromatic N) is 4. The van der Waals surface area contributed by atoms with Crippen LogP contribution < -0.4 is 0 Å². The van der Waals surface area contributed by atoms with Crippen LogP contribution >= 0.6 is 11.6 Å². The molecule has 1 aliphatic heterocycles. The summed E-state index contributed by atoms with van der Waals surface area (Å²) in [5.74, 6) is 0. The second-order valence-corrected chi connectivity index (χ2v) is 8.22. The number of piperazine rings is 1. The van der Waals surface area contributed by atoms with E-state index in [0.29, 0.717) is 26.2 Å². The van der Waals surface area contributed by atoms with Crippen molar-refractivity contribution in [3.8, 4) is 0 Å². The molecule has 0 N–H and O–H groups in total. The first-order valence-corrected chi connectivity index (χ1v) is 8.38. The summed E-state index contributed by atoms with van der Waals surface area (Å²) in [6.45, 7) is 8.76. The third-order valence-corrected chi connectivity index (χ3v) is 6.00. The van der Waals surface area contributed by atoms with Crippen molar-refractivity contribution in [2.45, 2.75) is 31.3 Å². The lowest BCUT2D eigenvalue weighted by Crippen LogP contribution is -2.54. The molecule has 1 aliphatic rings. The topological polar surface area (TPSA) is 58.4 Å². The standard InChI is InChI=1S/C12H21ClN4O2S/c1-12(2,3)16-5-7-17(8-6-16)20(18,19)11-10(13)15(4)9-14-11/h9H,5-8H2,1-4H3. The van der Waals surface area contributed by atoms with Gasteiger partial charge in [-0.2, -0.15) is 4.31 Å². The van der Waals surface area contributed by atoms with E-state index in [0.717, 1.165) is 0 Å². The van der Waals surface area contributed by atoms with E-state index in [1.165, 1.54) is 15.2 Å². The summed E-state index contributed by atoms with van der Waals surface area (Å²) >= 11 is 6.00. The van der Waals surface area contributed by atoms with Crippen molar-refractivity contribution in [3.05, 3.63) is 11.5 Å².